The first-order valence-corrected chi connectivity index (χ1v) is 23.1. The summed E-state index contributed by atoms with van der Waals surface area (Å²) in [4.78, 5) is 11.4. The van der Waals surface area contributed by atoms with Crippen LogP contribution in [0.15, 0.2) is 171 Å². The van der Waals surface area contributed by atoms with Gasteiger partial charge >= 0.3 is 0 Å². The zero-order chi connectivity index (χ0) is 42.8. The Labute approximate surface area is 353 Å². The fraction of sp³-hybridized carbons (Fsp3) is 0.180. The van der Waals surface area contributed by atoms with Crippen LogP contribution in [0.1, 0.15) is 72.8 Å². The molecule has 0 aliphatic carbocycles. The number of benzene rings is 4. The molecule has 0 unspecified atom stereocenters. The van der Waals surface area contributed by atoms with Crippen molar-refractivity contribution in [2.24, 2.45) is 0 Å². The number of para-hydroxylation sites is 2. The van der Waals surface area contributed by atoms with Gasteiger partial charge in [0.2, 0.25) is 36.8 Å². The number of allylic oxidation sites excluding steroid dienone is 4. The summed E-state index contributed by atoms with van der Waals surface area (Å²) in [5, 5.41) is 12.5. The molecule has 0 N–H and O–H groups in total. The van der Waals surface area contributed by atoms with Crippen LogP contribution in [0.3, 0.4) is 0 Å². The third kappa shape index (κ3) is 7.69. The van der Waals surface area contributed by atoms with Crippen LogP contribution in [0.4, 0.5) is 0 Å². The molecular formula is C50H47N2O6S2+. The van der Waals surface area contributed by atoms with Crippen molar-refractivity contribution >= 4 is 31.2 Å². The molecule has 8 nitrogen and oxygen atoms in total. The van der Waals surface area contributed by atoms with Gasteiger partial charge in [0.15, 0.2) is 24.8 Å². The van der Waals surface area contributed by atoms with Crippen LogP contribution in [0, 0.1) is 0 Å². The first-order chi connectivity index (χ1) is 28.8. The number of carbonyl (C=O) groups excluding carboxylic acids is 1. The molecule has 0 saturated carbocycles. The number of rotatable bonds is 9. The topological polar surface area (TPSA) is 116 Å². The second-order valence-corrected chi connectivity index (χ2v) is 18.4. The van der Waals surface area contributed by atoms with E-state index in [4.69, 9.17) is 0 Å². The van der Waals surface area contributed by atoms with E-state index >= 15 is 0 Å². The van der Waals surface area contributed by atoms with E-state index in [1.165, 1.54) is 88.1 Å². The fourth-order valence-electron chi connectivity index (χ4n) is 7.89. The number of fused-ring (bicyclic) bond motifs is 2. The number of Topliss-reactive ketones (excluding diaryl/α,β-unsaturated/α-hetero) is 1. The smallest absolute Gasteiger partial charge is 0.216 e. The number of ketones is 1. The number of nitrogens with zero attached hydrogens (tertiary/aromatic N) is 2. The standard InChI is InChI=1S/C30H34N2.C20H14O6S2/c1-5-23-11-9-12-24(6-2)29(23)31-19-15-27(16-20-31)28-17-21-32(22-18-28)30-25(7-3)13-10-14-26(30)8-4;1-12(10-17-19(21)13-6-2-4-8-15(13)27(17,23)24)11-18-20(22)14-7-3-5-9-16(14)28(18,25)26/h9-22H,5-8H2,1-4H3;2-11,21H,1H3/q+2;/p-1/b;12-10+,18-11+. The summed E-state index contributed by atoms with van der Waals surface area (Å²) in [6, 6.07) is 33.9. The van der Waals surface area contributed by atoms with Crippen LogP contribution in [-0.2, 0) is 45.4 Å². The molecule has 0 fully saturated rings. The third-order valence-corrected chi connectivity index (χ3v) is 14.7. The lowest BCUT2D eigenvalue weighted by Gasteiger charge is -2.09. The number of carbonyl (C=O) groups is 1. The van der Waals surface area contributed by atoms with E-state index < -0.39 is 41.0 Å². The van der Waals surface area contributed by atoms with Crippen LogP contribution < -0.4 is 14.2 Å². The summed E-state index contributed by atoms with van der Waals surface area (Å²) in [7, 11) is -7.99. The number of sulfone groups is 2. The molecule has 4 aromatic carbocycles. The molecule has 0 amide bonds. The molecule has 0 atom stereocenters. The van der Waals surface area contributed by atoms with E-state index in [0.717, 1.165) is 37.8 Å². The molecule has 10 heteroatoms. The summed E-state index contributed by atoms with van der Waals surface area (Å²) >= 11 is 0. The highest BCUT2D eigenvalue weighted by Gasteiger charge is 2.39. The van der Waals surface area contributed by atoms with Gasteiger partial charge in [-0.3, -0.25) is 4.79 Å². The van der Waals surface area contributed by atoms with E-state index in [-0.39, 0.29) is 26.5 Å². The minimum absolute atomic E-state index is 0.0752. The summed E-state index contributed by atoms with van der Waals surface area (Å²) in [6.45, 7) is 10.4. The predicted molar refractivity (Wildman–Crippen MR) is 233 cm³/mol. The largest absolute Gasteiger partial charge is 0.871 e. The summed E-state index contributed by atoms with van der Waals surface area (Å²) in [5.41, 5.74) is 11.0. The minimum atomic E-state index is -3.99. The van der Waals surface area contributed by atoms with E-state index in [9.17, 15) is 26.7 Å². The van der Waals surface area contributed by atoms with Gasteiger partial charge < -0.3 is 5.11 Å². The maximum atomic E-state index is 12.6. The summed E-state index contributed by atoms with van der Waals surface area (Å²) in [5.74, 6) is -1.31. The molecule has 2 aliphatic heterocycles. The maximum Gasteiger partial charge on any atom is 0.216 e. The van der Waals surface area contributed by atoms with Gasteiger partial charge in [-0.05, 0) is 85.2 Å². The van der Waals surface area contributed by atoms with Crippen molar-refractivity contribution in [2.45, 2.75) is 70.1 Å². The SMILES string of the molecule is CC(=C\C1=C([O-])c2ccccc2S1(=O)=O)/C=C1\C(=O)c2ccccc2S1(=O)=O.CCc1cccc(CC)c1-[n+]1ccc(-c2cc[n+](-c3c(CC)cccc3CC)cc2)cc1. The van der Waals surface area contributed by atoms with Crippen LogP contribution in [-0.4, -0.2) is 22.6 Å². The molecule has 2 aromatic heterocycles. The molecular weight excluding hydrogens is 789 g/mol. The van der Waals surface area contributed by atoms with Crippen molar-refractivity contribution in [1.82, 2.24) is 0 Å². The quantitative estimate of drug-likeness (QED) is 0.107. The number of aromatic nitrogens is 2. The normalized spacial score (nSPS) is 15.7. The zero-order valence-electron chi connectivity index (χ0n) is 34.3. The molecule has 304 valence electrons. The van der Waals surface area contributed by atoms with Gasteiger partial charge in [0.05, 0.1) is 14.7 Å². The predicted octanol–water partition coefficient (Wildman–Crippen LogP) is 8.16. The zero-order valence-corrected chi connectivity index (χ0v) is 36.0. The summed E-state index contributed by atoms with van der Waals surface area (Å²) < 4.78 is 55.1. The second kappa shape index (κ2) is 17.2. The molecule has 0 spiro atoms. The fourth-order valence-corrected chi connectivity index (χ4v) is 11.2. The first-order valence-electron chi connectivity index (χ1n) is 20.1. The van der Waals surface area contributed by atoms with Gasteiger partial charge in [-0.2, -0.15) is 9.13 Å². The lowest BCUT2D eigenvalue weighted by molar-refractivity contribution is -0.597. The number of pyridine rings is 2. The Hall–Kier alpha value is -6.23. The van der Waals surface area contributed by atoms with Gasteiger partial charge in [-0.1, -0.05) is 100 Å². The molecule has 0 bridgehead atoms. The first kappa shape index (κ1) is 41.9. The van der Waals surface area contributed by atoms with Gasteiger partial charge in [0, 0.05) is 52.1 Å². The Morgan fingerprint density at radius 1 is 0.550 bits per heavy atom. The van der Waals surface area contributed by atoms with Crippen molar-refractivity contribution in [3.05, 3.63) is 195 Å². The highest BCUT2D eigenvalue weighted by molar-refractivity contribution is 7.97. The highest BCUT2D eigenvalue weighted by atomic mass is 32.2. The number of aryl methyl sites for hydroxylation is 4. The molecule has 0 radical (unpaired) electrons. The number of hydrogen-bond donors (Lipinski definition) is 0. The van der Waals surface area contributed by atoms with Gasteiger partial charge in [-0.15, -0.1) is 0 Å². The van der Waals surface area contributed by atoms with E-state index in [1.807, 2.05) is 0 Å². The second-order valence-electron chi connectivity index (χ2n) is 14.7. The van der Waals surface area contributed by atoms with Crippen LogP contribution >= 0.6 is 0 Å². The van der Waals surface area contributed by atoms with Crippen molar-refractivity contribution in [3.63, 3.8) is 0 Å². The van der Waals surface area contributed by atoms with Crippen molar-refractivity contribution in [3.8, 4) is 22.5 Å². The van der Waals surface area contributed by atoms with Gasteiger partial charge in [0.1, 0.15) is 4.91 Å². The average Bonchev–Trinajstić information content (AvgIpc) is 3.59. The lowest BCUT2D eigenvalue weighted by Crippen LogP contribution is -2.33. The molecule has 0 saturated heterocycles. The molecule has 60 heavy (non-hydrogen) atoms. The molecule has 2 aliphatic rings. The Morgan fingerprint density at radius 3 is 1.35 bits per heavy atom. The lowest BCUT2D eigenvalue weighted by atomic mass is 10.0. The minimum Gasteiger partial charge on any atom is -0.871 e. The Balaban J connectivity index is 0.000000183. The molecule has 8 rings (SSSR count). The number of hydrogen-bond acceptors (Lipinski definition) is 6. The molecule has 4 heterocycles. The van der Waals surface area contributed by atoms with E-state index in [2.05, 4.69) is 122 Å². The molecule has 6 aromatic rings. The van der Waals surface area contributed by atoms with Crippen molar-refractivity contribution < 1.29 is 35.9 Å². The maximum absolute atomic E-state index is 12.6. The van der Waals surface area contributed by atoms with Crippen molar-refractivity contribution in [2.75, 3.05) is 0 Å². The van der Waals surface area contributed by atoms with Gasteiger partial charge in [0.25, 0.3) is 0 Å². The van der Waals surface area contributed by atoms with Gasteiger partial charge in [-0.25, -0.2) is 16.8 Å². The third-order valence-electron chi connectivity index (χ3n) is 11.0. The monoisotopic (exact) mass is 835 g/mol. The Morgan fingerprint density at radius 2 is 0.950 bits per heavy atom. The average molecular weight is 836 g/mol. The van der Waals surface area contributed by atoms with Crippen LogP contribution in [0.25, 0.3) is 28.3 Å². The van der Waals surface area contributed by atoms with E-state index in [0.29, 0.717) is 0 Å². The summed E-state index contributed by atoms with van der Waals surface area (Å²) in [6.07, 6.45) is 15.2. The Bertz CT molecular complexity index is 2820. The van der Waals surface area contributed by atoms with Crippen LogP contribution in [0.5, 0.6) is 0 Å². The Kier molecular flexibility index (Phi) is 12.0. The van der Waals surface area contributed by atoms with E-state index in [1.54, 1.807) is 12.1 Å². The highest BCUT2D eigenvalue weighted by Crippen LogP contribution is 2.38. The van der Waals surface area contributed by atoms with Crippen LogP contribution in [0.2, 0.25) is 0 Å². The van der Waals surface area contributed by atoms with Crippen molar-refractivity contribution in [1.29, 1.82) is 0 Å².